The summed E-state index contributed by atoms with van der Waals surface area (Å²) in [6.07, 6.45) is 2.25. The summed E-state index contributed by atoms with van der Waals surface area (Å²) in [5.74, 6) is -1.85. The molecule has 144 valence electrons. The molecule has 0 heterocycles. The molecule has 0 radical (unpaired) electrons. The lowest BCUT2D eigenvalue weighted by Gasteiger charge is -2.42. The highest BCUT2D eigenvalue weighted by Crippen LogP contribution is 2.38. The number of carbonyl (C=O) groups is 2. The van der Waals surface area contributed by atoms with Crippen molar-refractivity contribution in [2.75, 3.05) is 6.54 Å². The normalized spacial score (nSPS) is 29.1. The lowest BCUT2D eigenvalue weighted by molar-refractivity contribution is -0.148. The van der Waals surface area contributed by atoms with Gasteiger partial charge in [-0.25, -0.2) is 0 Å². The van der Waals surface area contributed by atoms with Crippen LogP contribution in [0.4, 0.5) is 0 Å². The predicted octanol–water partition coefficient (Wildman–Crippen LogP) is -0.463. The topological polar surface area (TPSA) is 159 Å². The number of hydrogen-bond acceptors (Lipinski definition) is 6. The van der Waals surface area contributed by atoms with E-state index in [9.17, 15) is 14.7 Å². The van der Waals surface area contributed by atoms with Gasteiger partial charge in [0, 0.05) is 12.5 Å². The van der Waals surface area contributed by atoms with Gasteiger partial charge in [-0.15, -0.1) is 0 Å². The Morgan fingerprint density at radius 1 is 1.36 bits per heavy atom. The van der Waals surface area contributed by atoms with Crippen LogP contribution in [0.25, 0.3) is 0 Å². The Labute approximate surface area is 149 Å². The third kappa shape index (κ3) is 5.41. The van der Waals surface area contributed by atoms with E-state index in [1.54, 1.807) is 6.92 Å². The second kappa shape index (κ2) is 8.48. The summed E-state index contributed by atoms with van der Waals surface area (Å²) < 4.78 is 0. The van der Waals surface area contributed by atoms with E-state index in [4.69, 9.17) is 21.5 Å². The summed E-state index contributed by atoms with van der Waals surface area (Å²) >= 11 is 0. The molecule has 1 rings (SSSR count). The van der Waals surface area contributed by atoms with Crippen LogP contribution in [0.5, 0.6) is 0 Å². The van der Waals surface area contributed by atoms with Crippen molar-refractivity contribution >= 4 is 19.0 Å². The van der Waals surface area contributed by atoms with E-state index in [1.165, 1.54) is 0 Å². The average molecular weight is 357 g/mol. The maximum absolute atomic E-state index is 12.3. The number of carbonyl (C=O) groups excluding carboxylic acids is 1. The van der Waals surface area contributed by atoms with Gasteiger partial charge in [-0.1, -0.05) is 20.3 Å². The molecule has 1 fully saturated rings. The van der Waals surface area contributed by atoms with E-state index in [1.807, 2.05) is 13.8 Å². The van der Waals surface area contributed by atoms with Crippen LogP contribution in [0.1, 0.15) is 46.5 Å². The zero-order valence-corrected chi connectivity index (χ0v) is 15.4. The van der Waals surface area contributed by atoms with E-state index >= 15 is 0 Å². The van der Waals surface area contributed by atoms with Crippen molar-refractivity contribution in [3.8, 4) is 0 Å². The number of nitrogens with one attached hydrogen (secondary N) is 1. The van der Waals surface area contributed by atoms with Crippen molar-refractivity contribution in [2.45, 2.75) is 63.9 Å². The molecule has 0 unspecified atom stereocenters. The van der Waals surface area contributed by atoms with Gasteiger partial charge in [-0.3, -0.25) is 9.59 Å². The Bertz CT molecular complexity index is 486. The van der Waals surface area contributed by atoms with Crippen LogP contribution < -0.4 is 16.8 Å². The first-order valence-corrected chi connectivity index (χ1v) is 8.86. The summed E-state index contributed by atoms with van der Waals surface area (Å²) in [5.41, 5.74) is 9.74. The SMILES string of the molecule is CC(C)[C@@](C)(N)C(=O)NC[C@@H]1CC[C@@H](CCB(O)O)C[C@]1(N)C(=O)O. The number of hydrogen-bond donors (Lipinski definition) is 6. The third-order valence-corrected chi connectivity index (χ3v) is 5.71. The Morgan fingerprint density at radius 3 is 2.44 bits per heavy atom. The summed E-state index contributed by atoms with van der Waals surface area (Å²) in [7, 11) is -1.40. The fourth-order valence-electron chi connectivity index (χ4n) is 3.29. The molecule has 1 aliphatic rings. The van der Waals surface area contributed by atoms with Crippen LogP contribution in [0.2, 0.25) is 6.32 Å². The van der Waals surface area contributed by atoms with Gasteiger partial charge in [0.15, 0.2) is 0 Å². The van der Waals surface area contributed by atoms with Gasteiger partial charge in [-0.2, -0.15) is 0 Å². The van der Waals surface area contributed by atoms with Crippen molar-refractivity contribution in [3.05, 3.63) is 0 Å². The molecule has 0 aromatic carbocycles. The van der Waals surface area contributed by atoms with E-state index < -0.39 is 30.1 Å². The fraction of sp³-hybridized carbons (Fsp3) is 0.875. The Balaban J connectivity index is 2.73. The molecule has 0 aliphatic heterocycles. The number of carboxylic acid groups (broad SMARTS) is 1. The number of nitrogens with two attached hydrogens (primary N) is 2. The van der Waals surface area contributed by atoms with Gasteiger partial charge in [0.1, 0.15) is 5.54 Å². The lowest BCUT2D eigenvalue weighted by atomic mass is 9.66. The second-order valence-corrected chi connectivity index (χ2v) is 7.90. The zero-order chi connectivity index (χ0) is 19.4. The molecular weight excluding hydrogens is 325 g/mol. The Kier molecular flexibility index (Phi) is 7.43. The molecule has 4 atom stereocenters. The smallest absolute Gasteiger partial charge is 0.451 e. The van der Waals surface area contributed by atoms with Gasteiger partial charge >= 0.3 is 13.1 Å². The number of amides is 1. The Hall–Kier alpha value is -1.16. The molecule has 0 saturated heterocycles. The quantitative estimate of drug-likeness (QED) is 0.321. The monoisotopic (exact) mass is 357 g/mol. The Morgan fingerprint density at radius 2 is 1.96 bits per heavy atom. The van der Waals surface area contributed by atoms with Crippen LogP contribution in [-0.2, 0) is 9.59 Å². The maximum atomic E-state index is 12.3. The van der Waals surface area contributed by atoms with Crippen molar-refractivity contribution in [3.63, 3.8) is 0 Å². The lowest BCUT2D eigenvalue weighted by Crippen LogP contribution is -2.62. The zero-order valence-electron chi connectivity index (χ0n) is 15.4. The van der Waals surface area contributed by atoms with Crippen LogP contribution in [-0.4, -0.2) is 51.8 Å². The first kappa shape index (κ1) is 21.9. The number of carboxylic acids is 1. The minimum atomic E-state index is -1.45. The van der Waals surface area contributed by atoms with Crippen molar-refractivity contribution in [1.29, 1.82) is 0 Å². The number of rotatable bonds is 8. The maximum Gasteiger partial charge on any atom is 0.451 e. The molecule has 0 bridgehead atoms. The molecule has 8 N–H and O–H groups in total. The van der Waals surface area contributed by atoms with Gasteiger partial charge in [0.2, 0.25) is 5.91 Å². The van der Waals surface area contributed by atoms with Crippen LogP contribution in [0, 0.1) is 17.8 Å². The molecule has 9 heteroatoms. The summed E-state index contributed by atoms with van der Waals surface area (Å²) in [6.45, 7) is 5.52. The molecule has 1 aliphatic carbocycles. The summed E-state index contributed by atoms with van der Waals surface area (Å²) in [6, 6.07) is 0. The second-order valence-electron chi connectivity index (χ2n) is 7.90. The van der Waals surface area contributed by atoms with E-state index in [2.05, 4.69) is 5.32 Å². The number of aliphatic carboxylic acids is 1. The first-order chi connectivity index (χ1) is 11.4. The summed E-state index contributed by atoms with van der Waals surface area (Å²) in [4.78, 5) is 24.1. The van der Waals surface area contributed by atoms with Gasteiger partial charge in [0.05, 0.1) is 5.54 Å². The van der Waals surface area contributed by atoms with Gasteiger partial charge in [-0.05, 0) is 44.3 Å². The van der Waals surface area contributed by atoms with Gasteiger partial charge in [0.25, 0.3) is 0 Å². The fourth-order valence-corrected chi connectivity index (χ4v) is 3.29. The standard InChI is InChI=1S/C16H32BN3O5/c1-10(2)15(3,18)13(21)20-9-12-5-4-11(6-7-17(24)25)8-16(12,19)14(22)23/h10-12,24-25H,4-9,18-19H2,1-3H3,(H,20,21)(H,22,23)/t11-,12-,15+,16+/m0/s1. The third-order valence-electron chi connectivity index (χ3n) is 5.71. The van der Waals surface area contributed by atoms with Crippen molar-refractivity contribution < 1.29 is 24.7 Å². The predicted molar refractivity (Wildman–Crippen MR) is 95.4 cm³/mol. The molecular formula is C16H32BN3O5. The van der Waals surface area contributed by atoms with Crippen molar-refractivity contribution in [1.82, 2.24) is 5.32 Å². The minimum Gasteiger partial charge on any atom is -0.480 e. The molecule has 1 saturated carbocycles. The van der Waals surface area contributed by atoms with E-state index in [0.29, 0.717) is 12.8 Å². The molecule has 8 nitrogen and oxygen atoms in total. The highest BCUT2D eigenvalue weighted by Gasteiger charge is 2.47. The molecule has 0 aromatic rings. The molecule has 25 heavy (non-hydrogen) atoms. The molecule has 1 amide bonds. The average Bonchev–Trinajstić information content (AvgIpc) is 2.51. The van der Waals surface area contributed by atoms with Gasteiger partial charge < -0.3 is 31.9 Å². The van der Waals surface area contributed by atoms with E-state index in [0.717, 1.165) is 6.42 Å². The van der Waals surface area contributed by atoms with Crippen molar-refractivity contribution in [2.24, 2.45) is 29.2 Å². The minimum absolute atomic E-state index is 0.0188. The highest BCUT2D eigenvalue weighted by atomic mass is 16.4. The molecule has 0 spiro atoms. The van der Waals surface area contributed by atoms with Crippen LogP contribution in [0.3, 0.4) is 0 Å². The largest absolute Gasteiger partial charge is 0.480 e. The summed E-state index contributed by atoms with van der Waals surface area (Å²) in [5, 5.41) is 30.4. The van der Waals surface area contributed by atoms with E-state index in [-0.39, 0.29) is 37.0 Å². The molecule has 0 aromatic heterocycles. The highest BCUT2D eigenvalue weighted by molar-refractivity contribution is 6.40. The van der Waals surface area contributed by atoms with Crippen LogP contribution >= 0.6 is 0 Å². The van der Waals surface area contributed by atoms with Crippen LogP contribution in [0.15, 0.2) is 0 Å². The first-order valence-electron chi connectivity index (χ1n) is 8.86.